The zero-order valence-corrected chi connectivity index (χ0v) is 19.7. The molecule has 0 aliphatic rings. The van der Waals surface area contributed by atoms with E-state index in [9.17, 15) is 4.79 Å². The quantitative estimate of drug-likeness (QED) is 0.308. The molecular formula is C26H23N5O2S. The number of fused-ring (bicyclic) bond motifs is 1. The Balaban J connectivity index is 1.54. The zero-order chi connectivity index (χ0) is 23.5. The highest BCUT2D eigenvalue weighted by Crippen LogP contribution is 2.26. The predicted octanol–water partition coefficient (Wildman–Crippen LogP) is 5.13. The number of nitrogens with zero attached hydrogens (tertiary/aromatic N) is 5. The van der Waals surface area contributed by atoms with Crippen molar-refractivity contribution in [3.63, 3.8) is 0 Å². The van der Waals surface area contributed by atoms with Crippen LogP contribution >= 0.6 is 11.8 Å². The van der Waals surface area contributed by atoms with E-state index in [0.717, 1.165) is 16.9 Å². The molecule has 0 N–H and O–H groups in total. The number of carbonyl (C=O) groups excluding carboxylic acids is 1. The largest absolute Gasteiger partial charge is 0.467 e. The Kier molecular flexibility index (Phi) is 6.14. The lowest BCUT2D eigenvalue weighted by Crippen LogP contribution is -2.26. The highest BCUT2D eigenvalue weighted by atomic mass is 32.2. The van der Waals surface area contributed by atoms with E-state index < -0.39 is 0 Å². The lowest BCUT2D eigenvalue weighted by molar-refractivity contribution is 0.0787. The third kappa shape index (κ3) is 4.45. The lowest BCUT2D eigenvalue weighted by atomic mass is 10.1. The molecule has 0 radical (unpaired) electrons. The first-order chi connectivity index (χ1) is 16.6. The molecule has 0 aliphatic heterocycles. The Morgan fingerprint density at radius 3 is 2.68 bits per heavy atom. The molecule has 170 valence electrons. The topological polar surface area (TPSA) is 77.1 Å². The van der Waals surface area contributed by atoms with Crippen molar-refractivity contribution in [1.29, 1.82) is 0 Å². The highest BCUT2D eigenvalue weighted by Gasteiger charge is 2.21. The standard InChI is InChI=1S/C26H23N5O2S/c1-30(16-18-7-9-21(34-2)10-8-18)26(32)22-13-24(19-5-3-11-27-14-19)29-25-23(22)15-28-31(25)17-20-6-4-12-33-20/h3-15H,16-17H2,1-2H3. The van der Waals surface area contributed by atoms with Gasteiger partial charge in [0, 0.05) is 36.4 Å². The van der Waals surface area contributed by atoms with Crippen molar-refractivity contribution in [3.8, 4) is 11.3 Å². The van der Waals surface area contributed by atoms with Crippen molar-refractivity contribution in [2.45, 2.75) is 18.0 Å². The molecule has 0 fully saturated rings. The average Bonchev–Trinajstić information content (AvgIpc) is 3.54. The number of amides is 1. The van der Waals surface area contributed by atoms with Crippen LogP contribution in [0, 0.1) is 0 Å². The summed E-state index contributed by atoms with van der Waals surface area (Å²) in [5, 5.41) is 5.22. The van der Waals surface area contributed by atoms with Gasteiger partial charge in [-0.25, -0.2) is 9.67 Å². The van der Waals surface area contributed by atoms with E-state index in [4.69, 9.17) is 9.40 Å². The maximum absolute atomic E-state index is 13.6. The average molecular weight is 470 g/mol. The third-order valence-corrected chi connectivity index (χ3v) is 6.35. The van der Waals surface area contributed by atoms with Gasteiger partial charge in [-0.05, 0) is 54.3 Å². The van der Waals surface area contributed by atoms with Gasteiger partial charge >= 0.3 is 0 Å². The zero-order valence-electron chi connectivity index (χ0n) is 18.9. The van der Waals surface area contributed by atoms with Crippen molar-refractivity contribution >= 4 is 28.7 Å². The summed E-state index contributed by atoms with van der Waals surface area (Å²) in [6.45, 7) is 0.922. The van der Waals surface area contributed by atoms with Gasteiger partial charge in [-0.1, -0.05) is 12.1 Å². The van der Waals surface area contributed by atoms with Crippen LogP contribution in [0.4, 0.5) is 0 Å². The molecule has 0 bridgehead atoms. The number of hydrogen-bond donors (Lipinski definition) is 0. The minimum absolute atomic E-state index is 0.0935. The number of furan rings is 1. The molecule has 5 rings (SSSR count). The smallest absolute Gasteiger partial charge is 0.254 e. The lowest BCUT2D eigenvalue weighted by Gasteiger charge is -2.18. The van der Waals surface area contributed by atoms with E-state index in [1.54, 1.807) is 46.2 Å². The first-order valence-corrected chi connectivity index (χ1v) is 12.0. The van der Waals surface area contributed by atoms with E-state index in [1.807, 2.05) is 43.6 Å². The first-order valence-electron chi connectivity index (χ1n) is 10.8. The maximum Gasteiger partial charge on any atom is 0.254 e. The maximum atomic E-state index is 13.6. The van der Waals surface area contributed by atoms with Crippen LogP contribution in [0.3, 0.4) is 0 Å². The van der Waals surface area contributed by atoms with Gasteiger partial charge < -0.3 is 9.32 Å². The summed E-state index contributed by atoms with van der Waals surface area (Å²) in [6, 6.07) is 17.6. The second kappa shape index (κ2) is 9.52. The summed E-state index contributed by atoms with van der Waals surface area (Å²) in [4.78, 5) is 25.6. The molecule has 7 nitrogen and oxygen atoms in total. The summed E-state index contributed by atoms with van der Waals surface area (Å²) in [7, 11) is 1.81. The van der Waals surface area contributed by atoms with Crippen molar-refractivity contribution in [3.05, 3.63) is 96.3 Å². The first kappa shape index (κ1) is 21.9. The Bertz CT molecular complexity index is 1410. The molecule has 4 heterocycles. The van der Waals surface area contributed by atoms with Crippen LogP contribution < -0.4 is 0 Å². The molecule has 0 spiro atoms. The summed E-state index contributed by atoms with van der Waals surface area (Å²) < 4.78 is 7.25. The molecule has 5 aromatic rings. The van der Waals surface area contributed by atoms with E-state index in [2.05, 4.69) is 34.3 Å². The fourth-order valence-electron chi connectivity index (χ4n) is 3.83. The minimum Gasteiger partial charge on any atom is -0.467 e. The fraction of sp³-hybridized carbons (Fsp3) is 0.154. The van der Waals surface area contributed by atoms with Gasteiger partial charge in [0.1, 0.15) is 12.3 Å². The van der Waals surface area contributed by atoms with Gasteiger partial charge in [-0.3, -0.25) is 9.78 Å². The van der Waals surface area contributed by atoms with E-state index in [0.29, 0.717) is 35.4 Å². The Hall–Kier alpha value is -3.91. The molecule has 0 atom stereocenters. The second-order valence-electron chi connectivity index (χ2n) is 7.92. The van der Waals surface area contributed by atoms with Crippen molar-refractivity contribution < 1.29 is 9.21 Å². The number of benzene rings is 1. The van der Waals surface area contributed by atoms with Crippen LogP contribution in [0.1, 0.15) is 21.7 Å². The number of rotatable bonds is 7. The van der Waals surface area contributed by atoms with Gasteiger partial charge in [-0.15, -0.1) is 11.8 Å². The molecule has 1 amide bonds. The normalized spacial score (nSPS) is 11.1. The van der Waals surface area contributed by atoms with Gasteiger partial charge in [0.05, 0.1) is 29.1 Å². The van der Waals surface area contributed by atoms with Gasteiger partial charge in [0.2, 0.25) is 0 Å². The van der Waals surface area contributed by atoms with Crippen LogP contribution in [0.25, 0.3) is 22.3 Å². The van der Waals surface area contributed by atoms with E-state index in [-0.39, 0.29) is 5.91 Å². The number of pyridine rings is 2. The number of thioether (sulfide) groups is 1. The summed E-state index contributed by atoms with van der Waals surface area (Å²) in [6.07, 6.45) is 8.83. The van der Waals surface area contributed by atoms with Crippen molar-refractivity contribution in [2.75, 3.05) is 13.3 Å². The second-order valence-corrected chi connectivity index (χ2v) is 8.80. The van der Waals surface area contributed by atoms with E-state index in [1.165, 1.54) is 4.90 Å². The van der Waals surface area contributed by atoms with Gasteiger partial charge in [0.15, 0.2) is 5.65 Å². The Morgan fingerprint density at radius 2 is 1.97 bits per heavy atom. The highest BCUT2D eigenvalue weighted by molar-refractivity contribution is 7.98. The van der Waals surface area contributed by atoms with Crippen molar-refractivity contribution in [2.24, 2.45) is 0 Å². The molecule has 0 unspecified atom stereocenters. The number of carbonyl (C=O) groups is 1. The Morgan fingerprint density at radius 1 is 1.12 bits per heavy atom. The molecule has 0 aliphatic carbocycles. The molecule has 0 saturated carbocycles. The van der Waals surface area contributed by atoms with Crippen LogP contribution in [0.2, 0.25) is 0 Å². The van der Waals surface area contributed by atoms with Crippen LogP contribution in [0.15, 0.2) is 88.8 Å². The summed E-state index contributed by atoms with van der Waals surface area (Å²) in [5.74, 6) is 0.668. The molecule has 8 heteroatoms. The van der Waals surface area contributed by atoms with Gasteiger partial charge in [-0.2, -0.15) is 5.10 Å². The van der Waals surface area contributed by atoms with Crippen LogP contribution in [-0.4, -0.2) is 43.9 Å². The van der Waals surface area contributed by atoms with E-state index >= 15 is 0 Å². The molecular weight excluding hydrogens is 446 g/mol. The van der Waals surface area contributed by atoms with Gasteiger partial charge in [0.25, 0.3) is 5.91 Å². The fourth-order valence-corrected chi connectivity index (χ4v) is 4.24. The molecule has 4 aromatic heterocycles. The molecule has 0 saturated heterocycles. The Labute approximate surface area is 201 Å². The SMILES string of the molecule is CSc1ccc(CN(C)C(=O)c2cc(-c3cccnc3)nc3c2cnn3Cc2ccco2)cc1. The minimum atomic E-state index is -0.0935. The third-order valence-electron chi connectivity index (χ3n) is 5.61. The number of aromatic nitrogens is 4. The molecule has 1 aromatic carbocycles. The predicted molar refractivity (Wildman–Crippen MR) is 133 cm³/mol. The summed E-state index contributed by atoms with van der Waals surface area (Å²) in [5.41, 5.74) is 3.75. The molecule has 34 heavy (non-hydrogen) atoms. The monoisotopic (exact) mass is 469 g/mol. The van der Waals surface area contributed by atoms with Crippen LogP contribution in [-0.2, 0) is 13.1 Å². The summed E-state index contributed by atoms with van der Waals surface area (Å²) >= 11 is 1.70. The van der Waals surface area contributed by atoms with Crippen LogP contribution in [0.5, 0.6) is 0 Å². The number of hydrogen-bond acceptors (Lipinski definition) is 6. The van der Waals surface area contributed by atoms with Crippen molar-refractivity contribution in [1.82, 2.24) is 24.6 Å².